The van der Waals surface area contributed by atoms with E-state index in [1.54, 1.807) is 0 Å². The molecule has 0 bridgehead atoms. The lowest BCUT2D eigenvalue weighted by atomic mass is 9.82. The minimum absolute atomic E-state index is 0.342. The Morgan fingerprint density at radius 1 is 1.26 bits per heavy atom. The fraction of sp³-hybridized carbons (Fsp3) is 0.667. The topological polar surface area (TPSA) is 34.1 Å². The maximum atomic E-state index is 6.16. The van der Waals surface area contributed by atoms with Gasteiger partial charge in [-0.1, -0.05) is 25.4 Å². The molecule has 3 nitrogen and oxygen atoms in total. The van der Waals surface area contributed by atoms with Crippen LogP contribution in [-0.4, -0.2) is 18.1 Å². The lowest BCUT2D eigenvalue weighted by molar-refractivity contribution is -0.0104. The maximum Gasteiger partial charge on any atom is 0.126 e. The van der Waals surface area contributed by atoms with Crippen LogP contribution >= 0.6 is 11.6 Å². The molecule has 1 N–H and O–H groups in total. The van der Waals surface area contributed by atoms with E-state index in [4.69, 9.17) is 16.3 Å². The van der Waals surface area contributed by atoms with Crippen LogP contribution in [0.1, 0.15) is 38.8 Å². The van der Waals surface area contributed by atoms with E-state index in [0.717, 1.165) is 36.2 Å². The van der Waals surface area contributed by atoms with E-state index >= 15 is 0 Å². The van der Waals surface area contributed by atoms with Crippen molar-refractivity contribution in [1.82, 2.24) is 4.98 Å². The summed E-state index contributed by atoms with van der Waals surface area (Å²) in [4.78, 5) is 4.45. The number of hydrogen-bond donors (Lipinski definition) is 1. The standard InChI is InChI=1S/C15H23ClN2O/c1-10-6-11(2)8-12(7-10)19-9-14-13(16)4-5-15(17-3)18-14/h4-5,10-12H,6-9H2,1-3H3,(H,17,18). The molecule has 4 heteroatoms. The van der Waals surface area contributed by atoms with Crippen molar-refractivity contribution in [3.63, 3.8) is 0 Å². The second-order valence-corrected chi connectivity index (χ2v) is 6.13. The van der Waals surface area contributed by atoms with E-state index in [1.165, 1.54) is 6.42 Å². The Balaban J connectivity index is 1.94. The number of pyridine rings is 1. The predicted octanol–water partition coefficient (Wildman–Crippen LogP) is 4.12. The molecule has 19 heavy (non-hydrogen) atoms. The minimum atomic E-state index is 0.342. The molecule has 106 valence electrons. The number of rotatable bonds is 4. The zero-order valence-corrected chi connectivity index (χ0v) is 12.7. The summed E-state index contributed by atoms with van der Waals surface area (Å²) in [7, 11) is 1.85. The van der Waals surface area contributed by atoms with Crippen molar-refractivity contribution in [2.24, 2.45) is 11.8 Å². The summed E-state index contributed by atoms with van der Waals surface area (Å²) in [5.74, 6) is 2.33. The Labute approximate surface area is 120 Å². The van der Waals surface area contributed by atoms with Crippen LogP contribution in [0.15, 0.2) is 12.1 Å². The first-order valence-electron chi connectivity index (χ1n) is 7.03. The summed E-state index contributed by atoms with van der Waals surface area (Å²) < 4.78 is 6.02. The lowest BCUT2D eigenvalue weighted by Crippen LogP contribution is -2.26. The van der Waals surface area contributed by atoms with E-state index in [1.807, 2.05) is 19.2 Å². The van der Waals surface area contributed by atoms with Crippen molar-refractivity contribution in [2.45, 2.75) is 45.8 Å². The van der Waals surface area contributed by atoms with Gasteiger partial charge in [-0.25, -0.2) is 4.98 Å². The quantitative estimate of drug-likeness (QED) is 0.902. The van der Waals surface area contributed by atoms with Crippen LogP contribution in [0.3, 0.4) is 0 Å². The third-order valence-electron chi connectivity index (χ3n) is 3.77. The first kappa shape index (κ1) is 14.6. The molecule has 1 heterocycles. The molecule has 1 aromatic rings. The lowest BCUT2D eigenvalue weighted by Gasteiger charge is -2.31. The monoisotopic (exact) mass is 282 g/mol. The molecule has 1 aliphatic rings. The van der Waals surface area contributed by atoms with Gasteiger partial charge in [-0.05, 0) is 43.2 Å². The highest BCUT2D eigenvalue weighted by atomic mass is 35.5. The number of hydrogen-bond acceptors (Lipinski definition) is 3. The molecule has 1 saturated carbocycles. The Morgan fingerprint density at radius 3 is 2.58 bits per heavy atom. The Kier molecular flexibility index (Phi) is 5.06. The largest absolute Gasteiger partial charge is 0.373 e. The van der Waals surface area contributed by atoms with Gasteiger partial charge in [0.2, 0.25) is 0 Å². The van der Waals surface area contributed by atoms with Crippen molar-refractivity contribution in [3.05, 3.63) is 22.8 Å². The zero-order chi connectivity index (χ0) is 13.8. The highest BCUT2D eigenvalue weighted by molar-refractivity contribution is 6.31. The highest BCUT2D eigenvalue weighted by Gasteiger charge is 2.24. The van der Waals surface area contributed by atoms with Gasteiger partial charge in [0.25, 0.3) is 0 Å². The van der Waals surface area contributed by atoms with Gasteiger partial charge in [-0.2, -0.15) is 0 Å². The maximum absolute atomic E-state index is 6.16. The molecule has 2 rings (SSSR count). The Bertz CT molecular complexity index is 415. The van der Waals surface area contributed by atoms with Crippen molar-refractivity contribution >= 4 is 17.4 Å². The van der Waals surface area contributed by atoms with Crippen LogP contribution in [0.2, 0.25) is 5.02 Å². The molecule has 0 spiro atoms. The third-order valence-corrected chi connectivity index (χ3v) is 4.11. The van der Waals surface area contributed by atoms with Gasteiger partial charge in [0.15, 0.2) is 0 Å². The zero-order valence-electron chi connectivity index (χ0n) is 11.9. The van der Waals surface area contributed by atoms with Gasteiger partial charge in [-0.15, -0.1) is 0 Å². The predicted molar refractivity (Wildman–Crippen MR) is 79.5 cm³/mol. The van der Waals surface area contributed by atoms with Crippen LogP contribution < -0.4 is 5.32 Å². The molecule has 0 saturated heterocycles. The molecule has 0 amide bonds. The fourth-order valence-corrected chi connectivity index (χ4v) is 3.09. The molecule has 1 aromatic heterocycles. The summed E-state index contributed by atoms with van der Waals surface area (Å²) in [5.41, 5.74) is 0.819. The number of anilines is 1. The molecular formula is C15H23ClN2O. The van der Waals surface area contributed by atoms with Crippen LogP contribution in [0, 0.1) is 11.8 Å². The summed E-state index contributed by atoms with van der Waals surface area (Å²) in [6, 6.07) is 3.74. The number of nitrogens with zero attached hydrogens (tertiary/aromatic N) is 1. The SMILES string of the molecule is CNc1ccc(Cl)c(COC2CC(C)CC(C)C2)n1. The number of halogens is 1. The normalized spacial score (nSPS) is 27.3. The van der Waals surface area contributed by atoms with E-state index in [-0.39, 0.29) is 0 Å². The highest BCUT2D eigenvalue weighted by Crippen LogP contribution is 2.31. The third kappa shape index (κ3) is 4.08. The molecule has 0 aromatic carbocycles. The number of ether oxygens (including phenoxy) is 1. The fourth-order valence-electron chi connectivity index (χ4n) is 2.93. The first-order chi connectivity index (χ1) is 9.08. The first-order valence-corrected chi connectivity index (χ1v) is 7.41. The molecule has 1 fully saturated rings. The van der Waals surface area contributed by atoms with Crippen LogP contribution in [0.4, 0.5) is 5.82 Å². The van der Waals surface area contributed by atoms with Gasteiger partial charge >= 0.3 is 0 Å². The van der Waals surface area contributed by atoms with E-state index in [2.05, 4.69) is 24.1 Å². The average Bonchev–Trinajstić information content (AvgIpc) is 2.37. The molecule has 0 radical (unpaired) electrons. The van der Waals surface area contributed by atoms with E-state index in [9.17, 15) is 0 Å². The van der Waals surface area contributed by atoms with Crippen molar-refractivity contribution in [3.8, 4) is 0 Å². The smallest absolute Gasteiger partial charge is 0.126 e. The van der Waals surface area contributed by atoms with Crippen molar-refractivity contribution in [2.75, 3.05) is 12.4 Å². The number of aromatic nitrogens is 1. The second-order valence-electron chi connectivity index (χ2n) is 5.73. The van der Waals surface area contributed by atoms with Crippen LogP contribution in [0.5, 0.6) is 0 Å². The van der Waals surface area contributed by atoms with Gasteiger partial charge in [-0.3, -0.25) is 0 Å². The second kappa shape index (κ2) is 6.58. The van der Waals surface area contributed by atoms with Crippen molar-refractivity contribution in [1.29, 1.82) is 0 Å². The number of nitrogens with one attached hydrogen (secondary N) is 1. The van der Waals surface area contributed by atoms with Gasteiger partial charge in [0, 0.05) is 7.05 Å². The molecule has 2 unspecified atom stereocenters. The summed E-state index contributed by atoms with van der Waals surface area (Å²) in [5, 5.41) is 3.70. The molecule has 1 aliphatic carbocycles. The van der Waals surface area contributed by atoms with Crippen LogP contribution in [-0.2, 0) is 11.3 Å². The average molecular weight is 283 g/mol. The molecule has 0 aliphatic heterocycles. The summed E-state index contributed by atoms with van der Waals surface area (Å²) in [6.45, 7) is 5.11. The summed E-state index contributed by atoms with van der Waals surface area (Å²) in [6.07, 6.45) is 3.95. The van der Waals surface area contributed by atoms with Gasteiger partial charge < -0.3 is 10.1 Å². The molecular weight excluding hydrogens is 260 g/mol. The van der Waals surface area contributed by atoms with E-state index in [0.29, 0.717) is 17.7 Å². The summed E-state index contributed by atoms with van der Waals surface area (Å²) >= 11 is 6.16. The van der Waals surface area contributed by atoms with Crippen LogP contribution in [0.25, 0.3) is 0 Å². The minimum Gasteiger partial charge on any atom is -0.373 e. The van der Waals surface area contributed by atoms with E-state index < -0.39 is 0 Å². The van der Waals surface area contributed by atoms with Gasteiger partial charge in [0.05, 0.1) is 23.4 Å². The van der Waals surface area contributed by atoms with Gasteiger partial charge in [0.1, 0.15) is 5.82 Å². The van der Waals surface area contributed by atoms with Crippen molar-refractivity contribution < 1.29 is 4.74 Å². The Hall–Kier alpha value is -0.800. The molecule has 2 atom stereocenters. The Morgan fingerprint density at radius 2 is 1.95 bits per heavy atom.